The van der Waals surface area contributed by atoms with Gasteiger partial charge in [-0.2, -0.15) is 0 Å². The Hall–Kier alpha value is -2.28. The molecule has 1 amide bonds. The first-order valence-corrected chi connectivity index (χ1v) is 8.97. The van der Waals surface area contributed by atoms with Gasteiger partial charge in [0.05, 0.1) is 27.0 Å². The number of hydrogen-bond acceptors (Lipinski definition) is 6. The summed E-state index contributed by atoms with van der Waals surface area (Å²) >= 11 is 1.56. The van der Waals surface area contributed by atoms with Crippen molar-refractivity contribution in [3.05, 3.63) is 28.3 Å². The third-order valence-corrected chi connectivity index (χ3v) is 5.37. The molecule has 0 fully saturated rings. The normalized spacial score (nSPS) is 16.1. The van der Waals surface area contributed by atoms with Gasteiger partial charge in [-0.05, 0) is 37.3 Å². The molecule has 1 aliphatic rings. The second-order valence-electron chi connectivity index (χ2n) is 6.10. The number of hydrogen-bond donors (Lipinski definition) is 1. The molecule has 0 saturated carbocycles. The minimum Gasteiger partial charge on any atom is -0.493 e. The van der Waals surface area contributed by atoms with E-state index in [1.165, 1.54) is 26.2 Å². The Labute approximate surface area is 151 Å². The summed E-state index contributed by atoms with van der Waals surface area (Å²) in [5, 5.41) is 3.52. The van der Waals surface area contributed by atoms with E-state index in [2.05, 4.69) is 17.2 Å². The fourth-order valence-corrected chi connectivity index (χ4v) is 4.14. The molecule has 1 N–H and O–H groups in total. The molecule has 1 aromatic carbocycles. The zero-order valence-corrected chi connectivity index (χ0v) is 15.7. The number of carbonyl (C=O) groups is 1. The monoisotopic (exact) mass is 362 g/mol. The number of benzene rings is 1. The molecule has 1 heterocycles. The maximum Gasteiger partial charge on any atom is 0.257 e. The van der Waals surface area contributed by atoms with E-state index in [1.807, 2.05) is 0 Å². The largest absolute Gasteiger partial charge is 0.493 e. The summed E-state index contributed by atoms with van der Waals surface area (Å²) in [4.78, 5) is 18.5. The first-order chi connectivity index (χ1) is 12.0. The molecule has 0 aliphatic heterocycles. The molecule has 1 atom stereocenters. The Morgan fingerprint density at radius 1 is 1.20 bits per heavy atom. The maximum atomic E-state index is 12.6. The third kappa shape index (κ3) is 3.56. The first-order valence-electron chi connectivity index (χ1n) is 8.15. The quantitative estimate of drug-likeness (QED) is 0.881. The highest BCUT2D eigenvalue weighted by atomic mass is 32.1. The second-order valence-corrected chi connectivity index (χ2v) is 7.19. The minimum absolute atomic E-state index is 0.251. The Morgan fingerprint density at radius 2 is 1.88 bits per heavy atom. The fraction of sp³-hybridized carbons (Fsp3) is 0.444. The zero-order chi connectivity index (χ0) is 18.0. The van der Waals surface area contributed by atoms with Gasteiger partial charge >= 0.3 is 0 Å². The van der Waals surface area contributed by atoms with Gasteiger partial charge in [0.25, 0.3) is 5.91 Å². The van der Waals surface area contributed by atoms with Gasteiger partial charge in [0.15, 0.2) is 16.6 Å². The van der Waals surface area contributed by atoms with Crippen molar-refractivity contribution in [1.29, 1.82) is 0 Å². The van der Waals surface area contributed by atoms with Crippen LogP contribution in [0.2, 0.25) is 0 Å². The van der Waals surface area contributed by atoms with Gasteiger partial charge in [-0.15, -0.1) is 11.3 Å². The van der Waals surface area contributed by atoms with Crippen LogP contribution in [0.1, 0.15) is 34.3 Å². The molecule has 1 aromatic heterocycles. The fourth-order valence-electron chi connectivity index (χ4n) is 2.97. The SMILES string of the molecule is COc1cc(C(=O)Nc2nc3c(s2)C[C@@H](C)CC3)cc(OC)c1OC. The summed E-state index contributed by atoms with van der Waals surface area (Å²) in [5.41, 5.74) is 1.54. The molecule has 0 unspecified atom stereocenters. The highest BCUT2D eigenvalue weighted by molar-refractivity contribution is 7.15. The number of amides is 1. The van der Waals surface area contributed by atoms with Crippen LogP contribution in [0.3, 0.4) is 0 Å². The molecule has 7 heteroatoms. The summed E-state index contributed by atoms with van der Waals surface area (Å²) in [5.74, 6) is 1.77. The van der Waals surface area contributed by atoms with E-state index in [1.54, 1.807) is 23.5 Å². The lowest BCUT2D eigenvalue weighted by Gasteiger charge is -2.15. The molecule has 3 rings (SSSR count). The number of carbonyl (C=O) groups excluding carboxylic acids is 1. The van der Waals surface area contributed by atoms with Crippen LogP contribution in [0.25, 0.3) is 0 Å². The van der Waals surface area contributed by atoms with Crippen LogP contribution in [0.15, 0.2) is 12.1 Å². The number of ether oxygens (including phenoxy) is 3. The number of aryl methyl sites for hydroxylation is 1. The Kier molecular flexibility index (Phi) is 5.13. The van der Waals surface area contributed by atoms with Crippen molar-refractivity contribution in [2.75, 3.05) is 26.6 Å². The molecular formula is C18H22N2O4S. The number of rotatable bonds is 5. The molecular weight excluding hydrogens is 340 g/mol. The number of aromatic nitrogens is 1. The van der Waals surface area contributed by atoms with E-state index in [-0.39, 0.29) is 5.91 Å². The van der Waals surface area contributed by atoms with Crippen molar-refractivity contribution in [3.63, 3.8) is 0 Å². The van der Waals surface area contributed by atoms with Crippen LogP contribution in [-0.4, -0.2) is 32.2 Å². The Morgan fingerprint density at radius 3 is 2.48 bits per heavy atom. The van der Waals surface area contributed by atoms with Crippen molar-refractivity contribution in [3.8, 4) is 17.2 Å². The lowest BCUT2D eigenvalue weighted by atomic mass is 9.93. The van der Waals surface area contributed by atoms with Crippen LogP contribution in [0.4, 0.5) is 5.13 Å². The van der Waals surface area contributed by atoms with Crippen molar-refractivity contribution < 1.29 is 19.0 Å². The number of nitrogens with zero attached hydrogens (tertiary/aromatic N) is 1. The van der Waals surface area contributed by atoms with Crippen LogP contribution in [0.5, 0.6) is 17.2 Å². The number of fused-ring (bicyclic) bond motifs is 1. The van der Waals surface area contributed by atoms with Crippen LogP contribution in [0, 0.1) is 5.92 Å². The van der Waals surface area contributed by atoms with Gasteiger partial charge in [0.1, 0.15) is 0 Å². The van der Waals surface area contributed by atoms with E-state index < -0.39 is 0 Å². The van der Waals surface area contributed by atoms with E-state index in [4.69, 9.17) is 14.2 Å². The summed E-state index contributed by atoms with van der Waals surface area (Å²) in [6.07, 6.45) is 3.16. The molecule has 134 valence electrons. The number of methoxy groups -OCH3 is 3. The topological polar surface area (TPSA) is 69.7 Å². The lowest BCUT2D eigenvalue weighted by molar-refractivity contribution is 0.102. The van der Waals surface area contributed by atoms with Crippen molar-refractivity contribution in [1.82, 2.24) is 4.98 Å². The van der Waals surface area contributed by atoms with E-state index in [9.17, 15) is 4.79 Å². The highest BCUT2D eigenvalue weighted by Gasteiger charge is 2.22. The maximum absolute atomic E-state index is 12.6. The van der Waals surface area contributed by atoms with E-state index in [0.717, 1.165) is 25.0 Å². The molecule has 0 saturated heterocycles. The Bertz CT molecular complexity index is 762. The van der Waals surface area contributed by atoms with Crippen LogP contribution in [-0.2, 0) is 12.8 Å². The van der Waals surface area contributed by atoms with Gasteiger partial charge in [0.2, 0.25) is 5.75 Å². The van der Waals surface area contributed by atoms with Crippen molar-refractivity contribution in [2.24, 2.45) is 5.92 Å². The molecule has 25 heavy (non-hydrogen) atoms. The van der Waals surface area contributed by atoms with Gasteiger partial charge in [-0.1, -0.05) is 6.92 Å². The summed E-state index contributed by atoms with van der Waals surface area (Å²) in [6.45, 7) is 2.25. The smallest absolute Gasteiger partial charge is 0.257 e. The number of thiazole rings is 1. The molecule has 1 aliphatic carbocycles. The third-order valence-electron chi connectivity index (χ3n) is 4.33. The molecule has 0 bridgehead atoms. The second kappa shape index (κ2) is 7.31. The first kappa shape index (κ1) is 17.5. The Balaban J connectivity index is 1.84. The van der Waals surface area contributed by atoms with Gasteiger partial charge in [0, 0.05) is 10.4 Å². The number of anilines is 1. The standard InChI is InChI=1S/C18H22N2O4S/c1-10-5-6-12-15(7-10)25-18(19-12)20-17(21)11-8-13(22-2)16(24-4)14(9-11)23-3/h8-10H,5-7H2,1-4H3,(H,19,20,21)/t10-/m0/s1. The van der Waals surface area contributed by atoms with Crippen LogP contribution < -0.4 is 19.5 Å². The van der Waals surface area contributed by atoms with Gasteiger partial charge < -0.3 is 14.2 Å². The zero-order valence-electron chi connectivity index (χ0n) is 14.8. The molecule has 6 nitrogen and oxygen atoms in total. The predicted octanol–water partition coefficient (Wildman–Crippen LogP) is 3.55. The highest BCUT2D eigenvalue weighted by Crippen LogP contribution is 2.38. The molecule has 0 radical (unpaired) electrons. The van der Waals surface area contributed by atoms with E-state index >= 15 is 0 Å². The summed E-state index contributed by atoms with van der Waals surface area (Å²) < 4.78 is 15.9. The molecule has 0 spiro atoms. The predicted molar refractivity (Wildman–Crippen MR) is 97.4 cm³/mol. The van der Waals surface area contributed by atoms with Crippen molar-refractivity contribution >= 4 is 22.4 Å². The average Bonchev–Trinajstić information content (AvgIpc) is 3.01. The average molecular weight is 362 g/mol. The van der Waals surface area contributed by atoms with Crippen molar-refractivity contribution in [2.45, 2.75) is 26.2 Å². The number of nitrogens with one attached hydrogen (secondary N) is 1. The van der Waals surface area contributed by atoms with Crippen LogP contribution >= 0.6 is 11.3 Å². The minimum atomic E-state index is -0.251. The van der Waals surface area contributed by atoms with Gasteiger partial charge in [-0.3, -0.25) is 10.1 Å². The van der Waals surface area contributed by atoms with Gasteiger partial charge in [-0.25, -0.2) is 4.98 Å². The lowest BCUT2D eigenvalue weighted by Crippen LogP contribution is -2.12. The summed E-state index contributed by atoms with van der Waals surface area (Å²) in [7, 11) is 4.57. The summed E-state index contributed by atoms with van der Waals surface area (Å²) in [6, 6.07) is 3.26. The van der Waals surface area contributed by atoms with E-state index in [0.29, 0.717) is 33.9 Å². The molecule has 2 aromatic rings.